The Morgan fingerprint density at radius 3 is 2.90 bits per heavy atom. The minimum atomic E-state index is -2.85. The highest BCUT2D eigenvalue weighted by atomic mass is 32.2. The third-order valence-electron chi connectivity index (χ3n) is 4.22. The van der Waals surface area contributed by atoms with Gasteiger partial charge in [-0.2, -0.15) is 0 Å². The van der Waals surface area contributed by atoms with Crippen LogP contribution in [0.5, 0.6) is 0 Å². The molecule has 1 N–H and O–H groups in total. The first kappa shape index (κ1) is 13.6. The summed E-state index contributed by atoms with van der Waals surface area (Å²) in [5.41, 5.74) is 0.896. The first-order chi connectivity index (χ1) is 9.43. The van der Waals surface area contributed by atoms with Crippen molar-refractivity contribution in [2.24, 2.45) is 11.8 Å². The van der Waals surface area contributed by atoms with Gasteiger partial charge in [-0.1, -0.05) is 0 Å². The van der Waals surface area contributed by atoms with Crippen LogP contribution in [0.4, 0.5) is 0 Å². The summed E-state index contributed by atoms with van der Waals surface area (Å²) in [7, 11) is -2.85. The Balaban J connectivity index is 1.70. The number of fused-ring (bicyclic) bond motifs is 1. The third kappa shape index (κ3) is 2.72. The lowest BCUT2D eigenvalue weighted by atomic mass is 10.00. The highest BCUT2D eigenvalue weighted by Gasteiger charge is 2.30. The average molecular weight is 298 g/mol. The second-order valence-electron chi connectivity index (χ2n) is 5.85. The molecule has 110 valence electrons. The zero-order chi connectivity index (χ0) is 14.3. The minimum Gasteiger partial charge on any atom is -0.481 e. The van der Waals surface area contributed by atoms with Crippen LogP contribution in [0, 0.1) is 11.8 Å². The molecule has 3 rings (SSSR count). The molecule has 1 aromatic heterocycles. The van der Waals surface area contributed by atoms with E-state index < -0.39 is 15.8 Å². The maximum Gasteiger partial charge on any atom is 0.308 e. The fourth-order valence-electron chi connectivity index (χ4n) is 3.13. The topological polar surface area (TPSA) is 89.3 Å². The molecule has 2 aliphatic rings. The molecule has 3 heterocycles. The van der Waals surface area contributed by atoms with Crippen LogP contribution in [-0.4, -0.2) is 40.6 Å². The number of carboxylic acid groups (broad SMARTS) is 1. The van der Waals surface area contributed by atoms with Crippen molar-refractivity contribution in [1.29, 1.82) is 0 Å². The summed E-state index contributed by atoms with van der Waals surface area (Å²) >= 11 is 0. The lowest BCUT2D eigenvalue weighted by Crippen LogP contribution is -2.26. The number of rotatable bonds is 3. The van der Waals surface area contributed by atoms with Gasteiger partial charge in [0, 0.05) is 19.2 Å². The second kappa shape index (κ2) is 4.87. The summed E-state index contributed by atoms with van der Waals surface area (Å²) < 4.78 is 24.8. The molecule has 0 spiro atoms. The summed E-state index contributed by atoms with van der Waals surface area (Å²) in [4.78, 5) is 15.6. The van der Waals surface area contributed by atoms with E-state index in [-0.39, 0.29) is 23.3 Å². The Bertz CT molecular complexity index is 635. The van der Waals surface area contributed by atoms with Crippen LogP contribution in [0.1, 0.15) is 24.4 Å². The number of nitrogens with zero attached hydrogens (tertiary/aromatic N) is 2. The Labute approximate surface area is 117 Å². The molecular formula is C13H18N2O4S. The molecule has 0 aliphatic carbocycles. The fourth-order valence-corrected chi connectivity index (χ4v) is 4.99. The maximum absolute atomic E-state index is 11.5. The number of hydrogen-bond donors (Lipinski definition) is 1. The van der Waals surface area contributed by atoms with E-state index in [1.165, 1.54) is 0 Å². The van der Waals surface area contributed by atoms with Gasteiger partial charge in [0.1, 0.15) is 5.82 Å². The average Bonchev–Trinajstić information content (AvgIpc) is 2.91. The summed E-state index contributed by atoms with van der Waals surface area (Å²) in [6.45, 7) is 0.473. The highest BCUT2D eigenvalue weighted by molar-refractivity contribution is 7.91. The second-order valence-corrected chi connectivity index (χ2v) is 8.08. The van der Waals surface area contributed by atoms with E-state index in [1.54, 1.807) is 0 Å². The number of aromatic nitrogens is 2. The van der Waals surface area contributed by atoms with Crippen LogP contribution in [0.2, 0.25) is 0 Å². The van der Waals surface area contributed by atoms with Crippen molar-refractivity contribution in [2.75, 3.05) is 11.5 Å². The van der Waals surface area contributed by atoms with Crippen LogP contribution in [0.25, 0.3) is 0 Å². The number of hydrogen-bond acceptors (Lipinski definition) is 4. The number of aliphatic carboxylic acids is 1. The van der Waals surface area contributed by atoms with E-state index in [2.05, 4.69) is 4.98 Å². The molecular weight excluding hydrogens is 280 g/mol. The largest absolute Gasteiger partial charge is 0.481 e. The van der Waals surface area contributed by atoms with E-state index in [9.17, 15) is 13.2 Å². The molecule has 2 atom stereocenters. The van der Waals surface area contributed by atoms with E-state index in [1.807, 2.05) is 10.8 Å². The van der Waals surface area contributed by atoms with Gasteiger partial charge in [-0.05, 0) is 25.2 Å². The molecule has 1 saturated heterocycles. The normalized spacial score (nSPS) is 28.2. The van der Waals surface area contributed by atoms with Gasteiger partial charge in [-0.15, -0.1) is 0 Å². The summed E-state index contributed by atoms with van der Waals surface area (Å²) in [6.07, 6.45) is 4.60. The van der Waals surface area contributed by atoms with Gasteiger partial charge in [0.25, 0.3) is 0 Å². The Morgan fingerprint density at radius 2 is 2.25 bits per heavy atom. The molecule has 0 radical (unpaired) electrons. The molecule has 2 aliphatic heterocycles. The SMILES string of the molecule is O=C(O)C1CCc2nc(CC3CCS(=O)(=O)C3)cn2C1. The van der Waals surface area contributed by atoms with Gasteiger partial charge in [-0.25, -0.2) is 13.4 Å². The maximum atomic E-state index is 11.5. The smallest absolute Gasteiger partial charge is 0.308 e. The van der Waals surface area contributed by atoms with Crippen LogP contribution >= 0.6 is 0 Å². The van der Waals surface area contributed by atoms with Gasteiger partial charge >= 0.3 is 5.97 Å². The van der Waals surface area contributed by atoms with Crippen molar-refractivity contribution < 1.29 is 18.3 Å². The molecule has 0 saturated carbocycles. The Kier molecular flexibility index (Phi) is 3.32. The van der Waals surface area contributed by atoms with Gasteiger partial charge in [0.05, 0.1) is 23.1 Å². The van der Waals surface area contributed by atoms with E-state index in [4.69, 9.17) is 5.11 Å². The van der Waals surface area contributed by atoms with E-state index in [0.717, 1.165) is 11.5 Å². The van der Waals surface area contributed by atoms with Gasteiger partial charge < -0.3 is 9.67 Å². The van der Waals surface area contributed by atoms with Crippen molar-refractivity contribution in [1.82, 2.24) is 9.55 Å². The standard InChI is InChI=1S/C13H18N2O4S/c16-13(17)10-1-2-12-14-11(7-15(12)6-10)5-9-3-4-20(18,19)8-9/h7,9-10H,1-6,8H2,(H,16,17). The van der Waals surface area contributed by atoms with Crippen LogP contribution in [0.15, 0.2) is 6.20 Å². The molecule has 1 aromatic rings. The highest BCUT2D eigenvalue weighted by Crippen LogP contribution is 2.25. The van der Waals surface area contributed by atoms with Gasteiger partial charge in [-0.3, -0.25) is 4.79 Å². The fraction of sp³-hybridized carbons (Fsp3) is 0.692. The number of imidazole rings is 1. The zero-order valence-electron chi connectivity index (χ0n) is 11.2. The lowest BCUT2D eigenvalue weighted by molar-refractivity contribution is -0.142. The van der Waals surface area contributed by atoms with Crippen molar-refractivity contribution in [3.63, 3.8) is 0 Å². The molecule has 0 bridgehead atoms. The number of carbonyl (C=O) groups is 1. The number of sulfone groups is 1. The summed E-state index contributed by atoms with van der Waals surface area (Å²) in [5, 5.41) is 9.06. The molecule has 2 unspecified atom stereocenters. The van der Waals surface area contributed by atoms with Crippen molar-refractivity contribution >= 4 is 15.8 Å². The van der Waals surface area contributed by atoms with Crippen molar-refractivity contribution in [3.8, 4) is 0 Å². The first-order valence-electron chi connectivity index (χ1n) is 6.91. The Morgan fingerprint density at radius 1 is 1.45 bits per heavy atom. The lowest BCUT2D eigenvalue weighted by Gasteiger charge is -2.19. The van der Waals surface area contributed by atoms with E-state index in [0.29, 0.717) is 32.2 Å². The van der Waals surface area contributed by atoms with Crippen LogP contribution < -0.4 is 0 Å². The predicted octanol–water partition coefficient (Wildman–Crippen LogP) is 0.507. The predicted molar refractivity (Wildman–Crippen MR) is 72.1 cm³/mol. The zero-order valence-corrected chi connectivity index (χ0v) is 12.0. The van der Waals surface area contributed by atoms with Crippen molar-refractivity contribution in [2.45, 2.75) is 32.2 Å². The minimum absolute atomic E-state index is 0.159. The van der Waals surface area contributed by atoms with Gasteiger partial charge in [0.2, 0.25) is 0 Å². The van der Waals surface area contributed by atoms with Crippen LogP contribution in [-0.2, 0) is 34.0 Å². The summed E-state index contributed by atoms with van der Waals surface area (Å²) in [6, 6.07) is 0. The molecule has 1 fully saturated rings. The number of aryl methyl sites for hydroxylation is 1. The van der Waals surface area contributed by atoms with E-state index >= 15 is 0 Å². The molecule has 0 aromatic carbocycles. The third-order valence-corrected chi connectivity index (χ3v) is 6.05. The van der Waals surface area contributed by atoms with Gasteiger partial charge in [0.15, 0.2) is 9.84 Å². The first-order valence-corrected chi connectivity index (χ1v) is 8.73. The number of carboxylic acids is 1. The molecule has 0 amide bonds. The van der Waals surface area contributed by atoms with Crippen LogP contribution in [0.3, 0.4) is 0 Å². The molecule has 20 heavy (non-hydrogen) atoms. The summed E-state index contributed by atoms with van der Waals surface area (Å²) in [5.74, 6) is 0.536. The monoisotopic (exact) mass is 298 g/mol. The van der Waals surface area contributed by atoms with Crippen molar-refractivity contribution in [3.05, 3.63) is 17.7 Å². The molecule has 7 heteroatoms. The quantitative estimate of drug-likeness (QED) is 0.878. The Hall–Kier alpha value is -1.37. The molecule has 6 nitrogen and oxygen atoms in total.